The van der Waals surface area contributed by atoms with Crippen LogP contribution in [-0.4, -0.2) is 27.9 Å². The number of rotatable bonds is 7. The Kier molecular flexibility index (Phi) is 6.68. The maximum absolute atomic E-state index is 13.5. The first-order valence-corrected chi connectivity index (χ1v) is 12.1. The van der Waals surface area contributed by atoms with E-state index in [2.05, 4.69) is 5.32 Å². The van der Waals surface area contributed by atoms with Crippen molar-refractivity contribution < 1.29 is 33.4 Å². The Bertz CT molecular complexity index is 1750. The Labute approximate surface area is 222 Å². The van der Waals surface area contributed by atoms with Gasteiger partial charge in [0.1, 0.15) is 22.7 Å². The van der Waals surface area contributed by atoms with Crippen molar-refractivity contribution in [3.63, 3.8) is 0 Å². The van der Waals surface area contributed by atoms with Crippen molar-refractivity contribution in [3.05, 3.63) is 107 Å². The average Bonchev–Trinajstić information content (AvgIpc) is 3.32. The highest BCUT2D eigenvalue weighted by Gasteiger charge is 2.22. The second-order valence-corrected chi connectivity index (χ2v) is 8.84. The number of carboxylic acid groups (broad SMARTS) is 1. The second-order valence-electron chi connectivity index (χ2n) is 8.84. The number of carbonyl (C=O) groups is 3. The number of hydrogen-bond acceptors (Lipinski definition) is 5. The highest BCUT2D eigenvalue weighted by Crippen LogP contribution is 2.37. The number of furan rings is 1. The Morgan fingerprint density at radius 1 is 0.872 bits per heavy atom. The molecule has 0 aliphatic heterocycles. The summed E-state index contributed by atoms with van der Waals surface area (Å²) in [6.07, 6.45) is 0.249. The lowest BCUT2D eigenvalue weighted by molar-refractivity contribution is 0.0693. The van der Waals surface area contributed by atoms with E-state index in [9.17, 15) is 29.0 Å². The fraction of sp³-hybridized carbons (Fsp3) is 0.0645. The lowest BCUT2D eigenvalue weighted by Crippen LogP contribution is -2.12. The third-order valence-electron chi connectivity index (χ3n) is 6.37. The van der Waals surface area contributed by atoms with Crippen molar-refractivity contribution in [1.82, 2.24) is 0 Å². The van der Waals surface area contributed by atoms with Crippen LogP contribution in [0.15, 0.2) is 89.3 Å². The van der Waals surface area contributed by atoms with E-state index in [0.29, 0.717) is 33.4 Å². The molecule has 0 aliphatic rings. The van der Waals surface area contributed by atoms with Gasteiger partial charge in [-0.1, -0.05) is 31.2 Å². The summed E-state index contributed by atoms with van der Waals surface area (Å²) in [5.74, 6) is -2.55. The van der Waals surface area contributed by atoms with Crippen molar-refractivity contribution >= 4 is 34.3 Å². The van der Waals surface area contributed by atoms with E-state index in [1.54, 1.807) is 49.4 Å². The molecule has 39 heavy (non-hydrogen) atoms. The van der Waals surface area contributed by atoms with Gasteiger partial charge in [0.2, 0.25) is 0 Å². The summed E-state index contributed by atoms with van der Waals surface area (Å²) in [5, 5.41) is 22.6. The number of phenols is 1. The first kappa shape index (κ1) is 25.4. The lowest BCUT2D eigenvalue weighted by Gasteiger charge is -2.10. The number of benzene rings is 4. The molecule has 5 rings (SSSR count). The van der Waals surface area contributed by atoms with Crippen LogP contribution >= 0.6 is 0 Å². The van der Waals surface area contributed by atoms with Gasteiger partial charge in [-0.05, 0) is 71.8 Å². The summed E-state index contributed by atoms with van der Waals surface area (Å²) in [6.45, 7) is 1.76. The quantitative estimate of drug-likeness (QED) is 0.154. The first-order valence-electron chi connectivity index (χ1n) is 12.1. The normalized spacial score (nSPS) is 10.9. The van der Waals surface area contributed by atoms with Crippen LogP contribution in [0.3, 0.4) is 0 Å². The van der Waals surface area contributed by atoms with Gasteiger partial charge in [-0.3, -0.25) is 9.59 Å². The molecule has 0 saturated carbocycles. The van der Waals surface area contributed by atoms with E-state index >= 15 is 0 Å². The van der Waals surface area contributed by atoms with Gasteiger partial charge in [-0.2, -0.15) is 0 Å². The highest BCUT2D eigenvalue weighted by atomic mass is 19.1. The molecular formula is C31H22FNO6. The molecule has 0 atom stereocenters. The first-order chi connectivity index (χ1) is 18.8. The Morgan fingerprint density at radius 2 is 1.56 bits per heavy atom. The molecule has 0 unspecified atom stereocenters. The molecule has 0 fully saturated rings. The molecule has 4 aromatic carbocycles. The molecule has 5 aromatic rings. The minimum absolute atomic E-state index is 0.0267. The zero-order valence-corrected chi connectivity index (χ0v) is 20.7. The Morgan fingerprint density at radius 3 is 2.28 bits per heavy atom. The fourth-order valence-electron chi connectivity index (χ4n) is 4.39. The number of aromatic carboxylic acids is 1. The van der Waals surface area contributed by atoms with Crippen LogP contribution in [-0.2, 0) is 0 Å². The highest BCUT2D eigenvalue weighted by molar-refractivity contribution is 6.13. The van der Waals surface area contributed by atoms with Crippen LogP contribution in [0.4, 0.5) is 10.1 Å². The van der Waals surface area contributed by atoms with E-state index in [-0.39, 0.29) is 29.0 Å². The number of amides is 1. The standard InChI is InChI=1S/C31H22FNO6/c1-2-25(34)27-23-16-19(11-14-26(23)39-29(27)17-9-12-21(32)13-10-17)18-5-3-6-20(15-18)30(36)33-24-8-4-7-22(28(24)35)31(37)38/h3-16,35H,2H2,1H3,(H,33,36)(H,37,38). The van der Waals surface area contributed by atoms with Gasteiger partial charge in [0, 0.05) is 22.9 Å². The number of nitrogens with one attached hydrogen (secondary N) is 1. The SMILES string of the molecule is CCC(=O)c1c(-c2ccc(F)cc2)oc2ccc(-c3cccc(C(=O)Nc4cccc(C(=O)O)c4O)c3)cc12. The summed E-state index contributed by atoms with van der Waals surface area (Å²) >= 11 is 0. The van der Waals surface area contributed by atoms with Gasteiger partial charge in [0.25, 0.3) is 5.91 Å². The molecule has 1 aromatic heterocycles. The maximum Gasteiger partial charge on any atom is 0.339 e. The van der Waals surface area contributed by atoms with Crippen LogP contribution in [0.2, 0.25) is 0 Å². The average molecular weight is 524 g/mol. The third kappa shape index (κ3) is 4.87. The minimum atomic E-state index is -1.32. The molecule has 0 aliphatic carbocycles. The van der Waals surface area contributed by atoms with E-state index < -0.39 is 23.4 Å². The third-order valence-corrected chi connectivity index (χ3v) is 6.37. The van der Waals surface area contributed by atoms with E-state index in [0.717, 1.165) is 5.56 Å². The number of carboxylic acids is 1. The number of hydrogen-bond donors (Lipinski definition) is 3. The van der Waals surface area contributed by atoms with Crippen molar-refractivity contribution in [2.45, 2.75) is 13.3 Å². The van der Waals surface area contributed by atoms with Gasteiger partial charge in [0.05, 0.1) is 11.3 Å². The van der Waals surface area contributed by atoms with Crippen molar-refractivity contribution in [1.29, 1.82) is 0 Å². The summed E-state index contributed by atoms with van der Waals surface area (Å²) < 4.78 is 19.5. The number of anilines is 1. The molecule has 0 radical (unpaired) electrons. The van der Waals surface area contributed by atoms with Crippen LogP contribution in [0.25, 0.3) is 33.4 Å². The van der Waals surface area contributed by atoms with Crippen molar-refractivity contribution in [2.75, 3.05) is 5.32 Å². The van der Waals surface area contributed by atoms with Crippen molar-refractivity contribution in [2.24, 2.45) is 0 Å². The zero-order chi connectivity index (χ0) is 27.7. The van der Waals surface area contributed by atoms with Gasteiger partial charge in [-0.25, -0.2) is 9.18 Å². The van der Waals surface area contributed by atoms with Crippen molar-refractivity contribution in [3.8, 4) is 28.2 Å². The van der Waals surface area contributed by atoms with Crippen LogP contribution in [0.5, 0.6) is 5.75 Å². The van der Waals surface area contributed by atoms with Gasteiger partial charge < -0.3 is 19.9 Å². The number of para-hydroxylation sites is 1. The Balaban J connectivity index is 1.52. The topological polar surface area (TPSA) is 117 Å². The lowest BCUT2D eigenvalue weighted by atomic mass is 9.97. The molecule has 7 nitrogen and oxygen atoms in total. The molecule has 0 spiro atoms. The predicted octanol–water partition coefficient (Wildman–Crippen LogP) is 7.15. The summed E-state index contributed by atoms with van der Waals surface area (Å²) in [7, 11) is 0. The number of aromatic hydroxyl groups is 1. The van der Waals surface area contributed by atoms with E-state index in [1.807, 2.05) is 12.1 Å². The molecule has 194 valence electrons. The number of halogens is 1. The predicted molar refractivity (Wildman–Crippen MR) is 145 cm³/mol. The van der Waals surface area contributed by atoms with Crippen LogP contribution in [0.1, 0.15) is 44.4 Å². The molecule has 8 heteroatoms. The largest absolute Gasteiger partial charge is 0.505 e. The van der Waals surface area contributed by atoms with Gasteiger partial charge in [0.15, 0.2) is 11.5 Å². The minimum Gasteiger partial charge on any atom is -0.505 e. The van der Waals surface area contributed by atoms with Gasteiger partial charge in [-0.15, -0.1) is 0 Å². The summed E-state index contributed by atoms with van der Waals surface area (Å²) in [6, 6.07) is 21.9. The number of fused-ring (bicyclic) bond motifs is 1. The number of ketones is 1. The fourth-order valence-corrected chi connectivity index (χ4v) is 4.39. The zero-order valence-electron chi connectivity index (χ0n) is 20.7. The molecular weight excluding hydrogens is 501 g/mol. The molecule has 1 amide bonds. The number of carbonyl (C=O) groups excluding carboxylic acids is 2. The summed E-state index contributed by atoms with van der Waals surface area (Å²) in [5.41, 5.74) is 2.82. The molecule has 0 saturated heterocycles. The second kappa shape index (κ2) is 10.3. The number of Topliss-reactive ketones (excluding diaryl/α,β-unsaturated/α-hetero) is 1. The smallest absolute Gasteiger partial charge is 0.339 e. The Hall–Kier alpha value is -5.24. The molecule has 0 bridgehead atoms. The monoisotopic (exact) mass is 523 g/mol. The van der Waals surface area contributed by atoms with E-state index in [1.165, 1.54) is 30.3 Å². The van der Waals surface area contributed by atoms with Crippen LogP contribution in [0, 0.1) is 5.82 Å². The van der Waals surface area contributed by atoms with Gasteiger partial charge >= 0.3 is 5.97 Å². The summed E-state index contributed by atoms with van der Waals surface area (Å²) in [4.78, 5) is 37.2. The molecule has 3 N–H and O–H groups in total. The maximum atomic E-state index is 13.5. The van der Waals surface area contributed by atoms with E-state index in [4.69, 9.17) is 4.42 Å². The van der Waals surface area contributed by atoms with Crippen LogP contribution < -0.4 is 5.32 Å². The molecule has 1 heterocycles.